The lowest BCUT2D eigenvalue weighted by molar-refractivity contribution is 0.324. The lowest BCUT2D eigenvalue weighted by Crippen LogP contribution is -2.15. The van der Waals surface area contributed by atoms with Gasteiger partial charge in [-0.2, -0.15) is 4.98 Å². The fourth-order valence-electron chi connectivity index (χ4n) is 4.29. The molecule has 0 spiro atoms. The van der Waals surface area contributed by atoms with E-state index in [1.807, 2.05) is 12.1 Å². The number of benzene rings is 1. The van der Waals surface area contributed by atoms with Crippen molar-refractivity contribution in [3.63, 3.8) is 0 Å². The summed E-state index contributed by atoms with van der Waals surface area (Å²) in [4.78, 5) is 4.57. The van der Waals surface area contributed by atoms with Gasteiger partial charge in [-0.05, 0) is 31.9 Å². The summed E-state index contributed by atoms with van der Waals surface area (Å²) in [6, 6.07) is 4.17. The van der Waals surface area contributed by atoms with Crippen molar-refractivity contribution in [3.8, 4) is 28.6 Å². The standard InChI is InChI=1S/C24H33N5O4S/c1-14(2)21-25-23(33-28-21)15(3)34-24-27-26-22(29(24)17-10-8-7-9-11-17)16-12-18(30-4)20(32-6)19(13-16)31-5/h12-15,17H,7-11H2,1-6H3. The normalized spacial score (nSPS) is 15.5. The molecule has 0 radical (unpaired) electrons. The molecule has 2 heterocycles. The van der Waals surface area contributed by atoms with E-state index in [-0.39, 0.29) is 11.2 Å². The number of rotatable bonds is 9. The second-order valence-electron chi connectivity index (χ2n) is 8.79. The van der Waals surface area contributed by atoms with Crippen molar-refractivity contribution >= 4 is 11.8 Å². The Morgan fingerprint density at radius 1 is 0.971 bits per heavy atom. The highest BCUT2D eigenvalue weighted by Gasteiger charge is 2.28. The molecule has 1 unspecified atom stereocenters. The van der Waals surface area contributed by atoms with Crippen molar-refractivity contribution in [3.05, 3.63) is 23.8 Å². The molecule has 1 aromatic carbocycles. The van der Waals surface area contributed by atoms with E-state index >= 15 is 0 Å². The van der Waals surface area contributed by atoms with E-state index in [1.54, 1.807) is 33.1 Å². The number of nitrogens with zero attached hydrogens (tertiary/aromatic N) is 5. The summed E-state index contributed by atoms with van der Waals surface area (Å²) in [6.07, 6.45) is 5.83. The van der Waals surface area contributed by atoms with Gasteiger partial charge in [0.05, 0.1) is 26.6 Å². The molecule has 1 fully saturated rings. The van der Waals surface area contributed by atoms with Crippen LogP contribution in [0.15, 0.2) is 21.8 Å². The molecule has 1 aliphatic carbocycles. The van der Waals surface area contributed by atoms with E-state index in [1.165, 1.54) is 19.3 Å². The summed E-state index contributed by atoms with van der Waals surface area (Å²) in [5, 5.41) is 14.1. The van der Waals surface area contributed by atoms with Crippen LogP contribution >= 0.6 is 11.8 Å². The number of thioether (sulfide) groups is 1. The van der Waals surface area contributed by atoms with Gasteiger partial charge >= 0.3 is 0 Å². The third-order valence-corrected chi connectivity index (χ3v) is 7.18. The fourth-order valence-corrected chi connectivity index (χ4v) is 5.24. The van der Waals surface area contributed by atoms with E-state index in [2.05, 4.69) is 45.7 Å². The van der Waals surface area contributed by atoms with Crippen LogP contribution in [0.25, 0.3) is 11.4 Å². The first kappa shape index (κ1) is 24.4. The molecular weight excluding hydrogens is 454 g/mol. The van der Waals surface area contributed by atoms with Gasteiger partial charge in [0, 0.05) is 17.5 Å². The third-order valence-electron chi connectivity index (χ3n) is 6.13. The van der Waals surface area contributed by atoms with Crippen molar-refractivity contribution in [1.82, 2.24) is 24.9 Å². The Morgan fingerprint density at radius 2 is 1.65 bits per heavy atom. The zero-order valence-electron chi connectivity index (χ0n) is 20.7. The second-order valence-corrected chi connectivity index (χ2v) is 10.1. The largest absolute Gasteiger partial charge is 0.493 e. The van der Waals surface area contributed by atoms with Crippen LogP contribution in [0.1, 0.15) is 81.8 Å². The lowest BCUT2D eigenvalue weighted by atomic mass is 9.95. The first-order valence-electron chi connectivity index (χ1n) is 11.7. The van der Waals surface area contributed by atoms with Crippen LogP contribution in [-0.2, 0) is 0 Å². The predicted molar refractivity (Wildman–Crippen MR) is 130 cm³/mol. The van der Waals surface area contributed by atoms with Crippen LogP contribution in [0.3, 0.4) is 0 Å². The molecule has 0 aliphatic heterocycles. The Bertz CT molecular complexity index is 1080. The quantitative estimate of drug-likeness (QED) is 0.345. The molecule has 1 aliphatic rings. The van der Waals surface area contributed by atoms with Crippen LogP contribution in [0.4, 0.5) is 0 Å². The van der Waals surface area contributed by atoms with Gasteiger partial charge in [0.1, 0.15) is 0 Å². The topological polar surface area (TPSA) is 97.3 Å². The predicted octanol–water partition coefficient (Wildman–Crippen LogP) is 5.84. The summed E-state index contributed by atoms with van der Waals surface area (Å²) in [5.74, 6) is 4.05. The minimum Gasteiger partial charge on any atom is -0.493 e. The smallest absolute Gasteiger partial charge is 0.239 e. The van der Waals surface area contributed by atoms with Gasteiger partial charge in [-0.15, -0.1) is 10.2 Å². The van der Waals surface area contributed by atoms with E-state index in [4.69, 9.17) is 18.7 Å². The van der Waals surface area contributed by atoms with Crippen LogP contribution < -0.4 is 14.2 Å². The molecule has 9 nitrogen and oxygen atoms in total. The maximum Gasteiger partial charge on any atom is 0.239 e. The highest BCUT2D eigenvalue weighted by molar-refractivity contribution is 7.99. The first-order chi connectivity index (χ1) is 16.5. The van der Waals surface area contributed by atoms with E-state index in [0.717, 1.165) is 29.4 Å². The average molecular weight is 488 g/mol. The minimum absolute atomic E-state index is 0.0562. The molecule has 1 atom stereocenters. The van der Waals surface area contributed by atoms with Crippen molar-refractivity contribution in [1.29, 1.82) is 0 Å². The number of ether oxygens (including phenoxy) is 3. The highest BCUT2D eigenvalue weighted by atomic mass is 32.2. The lowest BCUT2D eigenvalue weighted by Gasteiger charge is -2.26. The molecule has 0 amide bonds. The van der Waals surface area contributed by atoms with Gasteiger partial charge in [0.2, 0.25) is 11.6 Å². The zero-order valence-corrected chi connectivity index (χ0v) is 21.5. The van der Waals surface area contributed by atoms with E-state index in [0.29, 0.717) is 35.0 Å². The Hall–Kier alpha value is -2.75. The van der Waals surface area contributed by atoms with E-state index in [9.17, 15) is 0 Å². The molecule has 0 bridgehead atoms. The van der Waals surface area contributed by atoms with Gasteiger partial charge < -0.3 is 18.7 Å². The van der Waals surface area contributed by atoms with Gasteiger partial charge in [-0.1, -0.05) is 50.0 Å². The molecule has 4 rings (SSSR count). The SMILES string of the molecule is COc1cc(-c2nnc(SC(C)c3nc(C(C)C)no3)n2C2CCCCC2)cc(OC)c1OC. The molecule has 0 saturated heterocycles. The summed E-state index contributed by atoms with van der Waals surface area (Å²) >= 11 is 1.59. The Morgan fingerprint density at radius 3 is 2.21 bits per heavy atom. The number of hydrogen-bond acceptors (Lipinski definition) is 9. The van der Waals surface area contributed by atoms with Crippen molar-refractivity contribution in [2.24, 2.45) is 0 Å². The molecule has 3 aromatic rings. The van der Waals surface area contributed by atoms with Gasteiger partial charge in [0.25, 0.3) is 0 Å². The van der Waals surface area contributed by atoms with Gasteiger partial charge in [-0.25, -0.2) is 0 Å². The molecule has 10 heteroatoms. The maximum absolute atomic E-state index is 5.58. The van der Waals surface area contributed by atoms with Crippen LogP contribution in [0.2, 0.25) is 0 Å². The summed E-state index contributed by atoms with van der Waals surface area (Å²) < 4.78 is 24.5. The molecule has 0 N–H and O–H groups in total. The monoisotopic (exact) mass is 487 g/mol. The Labute approximate surface area is 204 Å². The Balaban J connectivity index is 1.74. The molecule has 184 valence electrons. The van der Waals surface area contributed by atoms with Gasteiger partial charge in [0.15, 0.2) is 28.3 Å². The third kappa shape index (κ3) is 4.87. The highest BCUT2D eigenvalue weighted by Crippen LogP contribution is 2.44. The van der Waals surface area contributed by atoms with Crippen LogP contribution in [-0.4, -0.2) is 46.2 Å². The molecule has 2 aromatic heterocycles. The van der Waals surface area contributed by atoms with Gasteiger partial charge in [-0.3, -0.25) is 4.57 Å². The summed E-state index contributed by atoms with van der Waals surface area (Å²) in [6.45, 7) is 6.16. The van der Waals surface area contributed by atoms with Crippen LogP contribution in [0, 0.1) is 0 Å². The van der Waals surface area contributed by atoms with Crippen LogP contribution in [0.5, 0.6) is 17.2 Å². The van der Waals surface area contributed by atoms with Crippen molar-refractivity contribution < 1.29 is 18.7 Å². The first-order valence-corrected chi connectivity index (χ1v) is 12.6. The maximum atomic E-state index is 5.58. The number of aromatic nitrogens is 5. The van der Waals surface area contributed by atoms with E-state index < -0.39 is 0 Å². The average Bonchev–Trinajstić information content (AvgIpc) is 3.51. The summed E-state index contributed by atoms with van der Waals surface area (Å²) in [7, 11) is 4.83. The number of methoxy groups -OCH3 is 3. The molecule has 34 heavy (non-hydrogen) atoms. The number of hydrogen-bond donors (Lipinski definition) is 0. The molecule has 1 saturated carbocycles. The Kier molecular flexibility index (Phi) is 7.65. The van der Waals surface area contributed by atoms with Crippen molar-refractivity contribution in [2.45, 2.75) is 75.2 Å². The summed E-state index contributed by atoms with van der Waals surface area (Å²) in [5.41, 5.74) is 0.868. The fraction of sp³-hybridized carbons (Fsp3) is 0.583. The van der Waals surface area contributed by atoms with Crippen molar-refractivity contribution in [2.75, 3.05) is 21.3 Å². The minimum atomic E-state index is -0.0562. The zero-order chi connectivity index (χ0) is 24.2. The second kappa shape index (κ2) is 10.7. The molecular formula is C24H33N5O4S.